The van der Waals surface area contributed by atoms with Crippen molar-refractivity contribution in [3.8, 4) is 5.75 Å². The number of hydrogen-bond acceptors (Lipinski definition) is 4. The standard InChI is InChI=1S/C22H24N2O4/c1-5-18-19(22(26)28-4)13(2)20(24-18)21(25)23-12-14-6-7-16-11-17(27-3)9-8-15(16)10-14/h6-11,24H,5,12H2,1-4H3,(H,23,25). The highest BCUT2D eigenvalue weighted by Gasteiger charge is 2.23. The van der Waals surface area contributed by atoms with E-state index in [9.17, 15) is 9.59 Å². The number of benzene rings is 2. The van der Waals surface area contributed by atoms with E-state index in [0.717, 1.165) is 22.1 Å². The van der Waals surface area contributed by atoms with E-state index < -0.39 is 5.97 Å². The van der Waals surface area contributed by atoms with Gasteiger partial charge in [-0.25, -0.2) is 4.79 Å². The fourth-order valence-corrected chi connectivity index (χ4v) is 3.31. The number of carbonyl (C=O) groups excluding carboxylic acids is 2. The SMILES string of the molecule is CCc1[nH]c(C(=O)NCc2ccc3cc(OC)ccc3c2)c(C)c1C(=O)OC. The van der Waals surface area contributed by atoms with Gasteiger partial charge in [0.15, 0.2) is 0 Å². The van der Waals surface area contributed by atoms with Crippen LogP contribution in [0.3, 0.4) is 0 Å². The van der Waals surface area contributed by atoms with Crippen molar-refractivity contribution in [2.75, 3.05) is 14.2 Å². The molecule has 1 amide bonds. The van der Waals surface area contributed by atoms with E-state index in [1.807, 2.05) is 43.3 Å². The summed E-state index contributed by atoms with van der Waals surface area (Å²) >= 11 is 0. The van der Waals surface area contributed by atoms with E-state index in [0.29, 0.717) is 35.5 Å². The first-order valence-electron chi connectivity index (χ1n) is 9.13. The minimum absolute atomic E-state index is 0.253. The first-order chi connectivity index (χ1) is 13.5. The van der Waals surface area contributed by atoms with E-state index in [2.05, 4.69) is 10.3 Å². The Morgan fingerprint density at radius 2 is 1.79 bits per heavy atom. The van der Waals surface area contributed by atoms with Crippen LogP contribution in [-0.2, 0) is 17.7 Å². The summed E-state index contributed by atoms with van der Waals surface area (Å²) in [6.45, 7) is 4.05. The van der Waals surface area contributed by atoms with Crippen LogP contribution in [0.15, 0.2) is 36.4 Å². The van der Waals surface area contributed by atoms with Gasteiger partial charge in [0.1, 0.15) is 11.4 Å². The largest absolute Gasteiger partial charge is 0.497 e. The molecule has 0 radical (unpaired) electrons. The van der Waals surface area contributed by atoms with Crippen LogP contribution in [-0.4, -0.2) is 31.1 Å². The Morgan fingerprint density at radius 1 is 1.07 bits per heavy atom. The molecule has 2 aromatic carbocycles. The number of nitrogens with one attached hydrogen (secondary N) is 2. The third-order valence-corrected chi connectivity index (χ3v) is 4.86. The summed E-state index contributed by atoms with van der Waals surface area (Å²) in [6.07, 6.45) is 0.604. The smallest absolute Gasteiger partial charge is 0.339 e. The summed E-state index contributed by atoms with van der Waals surface area (Å²) in [4.78, 5) is 27.8. The Kier molecular flexibility index (Phi) is 5.68. The Bertz CT molecular complexity index is 1040. The maximum absolute atomic E-state index is 12.7. The van der Waals surface area contributed by atoms with Crippen molar-refractivity contribution in [3.63, 3.8) is 0 Å². The van der Waals surface area contributed by atoms with Gasteiger partial charge in [-0.2, -0.15) is 0 Å². The number of aromatic amines is 1. The zero-order valence-corrected chi connectivity index (χ0v) is 16.5. The minimum atomic E-state index is -0.436. The Hall–Kier alpha value is -3.28. The second-order valence-electron chi connectivity index (χ2n) is 6.55. The highest BCUT2D eigenvalue weighted by Crippen LogP contribution is 2.23. The molecule has 0 saturated heterocycles. The third-order valence-electron chi connectivity index (χ3n) is 4.86. The lowest BCUT2D eigenvalue weighted by Gasteiger charge is -2.08. The molecular formula is C22H24N2O4. The lowest BCUT2D eigenvalue weighted by molar-refractivity contribution is 0.0599. The van der Waals surface area contributed by atoms with Crippen LogP contribution < -0.4 is 10.1 Å². The van der Waals surface area contributed by atoms with Crippen molar-refractivity contribution in [2.45, 2.75) is 26.8 Å². The highest BCUT2D eigenvalue weighted by molar-refractivity contribution is 6.00. The first kappa shape index (κ1) is 19.5. The number of ether oxygens (including phenoxy) is 2. The molecule has 0 bridgehead atoms. The molecule has 146 valence electrons. The summed E-state index contributed by atoms with van der Waals surface area (Å²) < 4.78 is 10.1. The molecule has 0 unspecified atom stereocenters. The second kappa shape index (κ2) is 8.17. The van der Waals surface area contributed by atoms with Crippen LogP contribution >= 0.6 is 0 Å². The fourth-order valence-electron chi connectivity index (χ4n) is 3.31. The fraction of sp³-hybridized carbons (Fsp3) is 0.273. The number of H-pyrrole nitrogens is 1. The summed E-state index contributed by atoms with van der Waals surface area (Å²) in [7, 11) is 2.98. The van der Waals surface area contributed by atoms with Crippen LogP contribution in [0.25, 0.3) is 10.8 Å². The molecule has 0 atom stereocenters. The molecule has 6 nitrogen and oxygen atoms in total. The van der Waals surface area contributed by atoms with Crippen LogP contribution in [0.1, 0.15) is 44.6 Å². The maximum atomic E-state index is 12.7. The third kappa shape index (κ3) is 3.71. The van der Waals surface area contributed by atoms with Crippen molar-refractivity contribution < 1.29 is 19.1 Å². The minimum Gasteiger partial charge on any atom is -0.497 e. The topological polar surface area (TPSA) is 80.4 Å². The number of aryl methyl sites for hydroxylation is 1. The summed E-state index contributed by atoms with van der Waals surface area (Å²) in [6, 6.07) is 11.9. The van der Waals surface area contributed by atoms with Crippen LogP contribution in [0, 0.1) is 6.92 Å². The maximum Gasteiger partial charge on any atom is 0.339 e. The lowest BCUT2D eigenvalue weighted by Crippen LogP contribution is -2.24. The monoisotopic (exact) mass is 380 g/mol. The summed E-state index contributed by atoms with van der Waals surface area (Å²) in [5, 5.41) is 5.07. The van der Waals surface area contributed by atoms with Crippen molar-refractivity contribution in [2.24, 2.45) is 0 Å². The van der Waals surface area contributed by atoms with Gasteiger partial charge in [-0.05, 0) is 53.4 Å². The quantitative estimate of drug-likeness (QED) is 0.638. The number of methoxy groups -OCH3 is 2. The number of hydrogen-bond donors (Lipinski definition) is 2. The first-order valence-corrected chi connectivity index (χ1v) is 9.13. The normalized spacial score (nSPS) is 10.7. The molecule has 2 N–H and O–H groups in total. The molecule has 1 heterocycles. The average Bonchev–Trinajstić information content (AvgIpc) is 3.07. The Labute approximate surface area is 163 Å². The molecule has 0 aliphatic carbocycles. The van der Waals surface area contributed by atoms with E-state index in [1.54, 1.807) is 14.0 Å². The van der Waals surface area contributed by atoms with E-state index >= 15 is 0 Å². The van der Waals surface area contributed by atoms with Crippen molar-refractivity contribution >= 4 is 22.6 Å². The van der Waals surface area contributed by atoms with Gasteiger partial charge in [0, 0.05) is 12.2 Å². The van der Waals surface area contributed by atoms with Gasteiger partial charge in [-0.15, -0.1) is 0 Å². The molecule has 3 aromatic rings. The van der Waals surface area contributed by atoms with Crippen LogP contribution in [0.4, 0.5) is 0 Å². The molecule has 0 aliphatic rings. The van der Waals surface area contributed by atoms with Gasteiger partial charge in [-0.1, -0.05) is 25.1 Å². The molecule has 0 aliphatic heterocycles. The zero-order chi connectivity index (χ0) is 20.3. The number of fused-ring (bicyclic) bond motifs is 1. The number of aromatic nitrogens is 1. The molecular weight excluding hydrogens is 356 g/mol. The van der Waals surface area contributed by atoms with E-state index in [1.165, 1.54) is 7.11 Å². The number of amides is 1. The van der Waals surface area contributed by atoms with Crippen LogP contribution in [0.5, 0.6) is 5.75 Å². The van der Waals surface area contributed by atoms with Gasteiger partial charge in [0.05, 0.1) is 19.8 Å². The van der Waals surface area contributed by atoms with E-state index in [4.69, 9.17) is 9.47 Å². The number of esters is 1. The van der Waals surface area contributed by atoms with Crippen molar-refractivity contribution in [1.29, 1.82) is 0 Å². The zero-order valence-electron chi connectivity index (χ0n) is 16.5. The van der Waals surface area contributed by atoms with Crippen LogP contribution in [0.2, 0.25) is 0 Å². The van der Waals surface area contributed by atoms with Gasteiger partial charge < -0.3 is 19.8 Å². The number of carbonyl (C=O) groups is 2. The average molecular weight is 380 g/mol. The molecule has 0 fully saturated rings. The van der Waals surface area contributed by atoms with Gasteiger partial charge in [0.25, 0.3) is 5.91 Å². The van der Waals surface area contributed by atoms with Gasteiger partial charge in [0.2, 0.25) is 0 Å². The Balaban J connectivity index is 1.78. The van der Waals surface area contributed by atoms with E-state index in [-0.39, 0.29) is 5.91 Å². The Morgan fingerprint density at radius 3 is 2.46 bits per heavy atom. The molecule has 6 heteroatoms. The summed E-state index contributed by atoms with van der Waals surface area (Å²) in [5.74, 6) is 0.121. The lowest BCUT2D eigenvalue weighted by atomic mass is 10.1. The van der Waals surface area contributed by atoms with Gasteiger partial charge >= 0.3 is 5.97 Å². The molecule has 0 saturated carbocycles. The summed E-state index contributed by atoms with van der Waals surface area (Å²) in [5.41, 5.74) is 3.12. The molecule has 1 aromatic heterocycles. The number of rotatable bonds is 6. The molecule has 0 spiro atoms. The molecule has 3 rings (SSSR count). The molecule has 28 heavy (non-hydrogen) atoms. The van der Waals surface area contributed by atoms with Gasteiger partial charge in [-0.3, -0.25) is 4.79 Å². The van der Waals surface area contributed by atoms with Crippen molar-refractivity contribution in [1.82, 2.24) is 10.3 Å². The predicted molar refractivity (Wildman–Crippen MR) is 108 cm³/mol. The highest BCUT2D eigenvalue weighted by atomic mass is 16.5. The van der Waals surface area contributed by atoms with Crippen molar-refractivity contribution in [3.05, 3.63) is 64.5 Å². The predicted octanol–water partition coefficient (Wildman–Crippen LogP) is 3.76. The second-order valence-corrected chi connectivity index (χ2v) is 6.55.